The van der Waals surface area contributed by atoms with Crippen molar-refractivity contribution in [2.45, 2.75) is 53.0 Å². The Labute approximate surface area is 124 Å². The molecule has 120 valence electrons. The van der Waals surface area contributed by atoms with Crippen LogP contribution in [-0.2, 0) is 10.2 Å². The van der Waals surface area contributed by atoms with Crippen molar-refractivity contribution in [3.05, 3.63) is 0 Å². The van der Waals surface area contributed by atoms with Gasteiger partial charge in [-0.3, -0.25) is 0 Å². The molecule has 0 heterocycles. The lowest BCUT2D eigenvalue weighted by molar-refractivity contribution is 0.261. The molecule has 5 nitrogen and oxygen atoms in total. The molecule has 1 aliphatic carbocycles. The van der Waals surface area contributed by atoms with E-state index in [4.69, 9.17) is 0 Å². The first kappa shape index (κ1) is 17.9. The van der Waals surface area contributed by atoms with Gasteiger partial charge < -0.3 is 5.32 Å². The fraction of sp³-hybridized carbons (Fsp3) is 1.00. The zero-order valence-corrected chi connectivity index (χ0v) is 14.4. The monoisotopic (exact) mass is 305 g/mol. The molecule has 0 aromatic heterocycles. The van der Waals surface area contributed by atoms with E-state index in [1.807, 2.05) is 0 Å². The van der Waals surface area contributed by atoms with Gasteiger partial charge in [-0.15, -0.1) is 0 Å². The average Bonchev–Trinajstić information content (AvgIpc) is 3.14. The van der Waals surface area contributed by atoms with Crippen molar-refractivity contribution in [3.8, 4) is 0 Å². The molecule has 1 unspecified atom stereocenters. The standard InChI is InChI=1S/C14H31N3O2S/c1-12(14(2,3)4)11-16-20(18,19)17(5)10-6-9-15-13-7-8-13/h12-13,15-16H,6-11H2,1-5H3. The predicted octanol–water partition coefficient (Wildman–Crippen LogP) is 1.58. The van der Waals surface area contributed by atoms with Crippen LogP contribution < -0.4 is 10.0 Å². The van der Waals surface area contributed by atoms with Crippen molar-refractivity contribution in [1.82, 2.24) is 14.3 Å². The van der Waals surface area contributed by atoms with Crippen LogP contribution in [0.3, 0.4) is 0 Å². The molecule has 1 aliphatic rings. The van der Waals surface area contributed by atoms with E-state index in [1.54, 1.807) is 7.05 Å². The molecular weight excluding hydrogens is 274 g/mol. The normalized spacial score (nSPS) is 18.5. The molecule has 1 fully saturated rings. The minimum atomic E-state index is -3.35. The first-order valence-electron chi connectivity index (χ1n) is 7.57. The number of hydrogen-bond donors (Lipinski definition) is 2. The van der Waals surface area contributed by atoms with E-state index in [-0.39, 0.29) is 5.41 Å². The Morgan fingerprint density at radius 1 is 1.30 bits per heavy atom. The van der Waals surface area contributed by atoms with Gasteiger partial charge in [0.1, 0.15) is 0 Å². The van der Waals surface area contributed by atoms with Crippen molar-refractivity contribution in [2.75, 3.05) is 26.7 Å². The zero-order valence-electron chi connectivity index (χ0n) is 13.6. The van der Waals surface area contributed by atoms with Crippen LogP contribution in [-0.4, -0.2) is 45.4 Å². The van der Waals surface area contributed by atoms with Gasteiger partial charge in [0.2, 0.25) is 0 Å². The minimum absolute atomic E-state index is 0.106. The third kappa shape index (κ3) is 6.52. The van der Waals surface area contributed by atoms with E-state index >= 15 is 0 Å². The Balaban J connectivity index is 2.26. The van der Waals surface area contributed by atoms with Crippen molar-refractivity contribution in [1.29, 1.82) is 0 Å². The molecule has 0 spiro atoms. The molecule has 0 saturated heterocycles. The van der Waals surface area contributed by atoms with Crippen LogP contribution in [0.2, 0.25) is 0 Å². The first-order valence-corrected chi connectivity index (χ1v) is 9.01. The highest BCUT2D eigenvalue weighted by Gasteiger charge is 2.24. The van der Waals surface area contributed by atoms with E-state index in [2.05, 4.69) is 37.7 Å². The average molecular weight is 305 g/mol. The molecule has 0 aliphatic heterocycles. The van der Waals surface area contributed by atoms with Crippen LogP contribution in [0.5, 0.6) is 0 Å². The highest BCUT2D eigenvalue weighted by atomic mass is 32.2. The quantitative estimate of drug-likeness (QED) is 0.636. The summed E-state index contributed by atoms with van der Waals surface area (Å²) in [4.78, 5) is 0. The Hall–Kier alpha value is -0.170. The smallest absolute Gasteiger partial charge is 0.279 e. The molecule has 0 radical (unpaired) electrons. The van der Waals surface area contributed by atoms with Crippen molar-refractivity contribution >= 4 is 10.2 Å². The highest BCUT2D eigenvalue weighted by molar-refractivity contribution is 7.87. The lowest BCUT2D eigenvalue weighted by Crippen LogP contribution is -2.42. The number of rotatable bonds is 9. The maximum atomic E-state index is 12.1. The summed E-state index contributed by atoms with van der Waals surface area (Å²) in [5, 5.41) is 3.39. The van der Waals surface area contributed by atoms with E-state index in [0.29, 0.717) is 25.0 Å². The Morgan fingerprint density at radius 2 is 1.90 bits per heavy atom. The molecular formula is C14H31N3O2S. The van der Waals surface area contributed by atoms with Crippen molar-refractivity contribution in [3.63, 3.8) is 0 Å². The van der Waals surface area contributed by atoms with Crippen molar-refractivity contribution in [2.24, 2.45) is 11.3 Å². The van der Waals surface area contributed by atoms with Gasteiger partial charge in [-0.25, -0.2) is 4.72 Å². The summed E-state index contributed by atoms with van der Waals surface area (Å²) in [5.41, 5.74) is 0.106. The molecule has 1 saturated carbocycles. The lowest BCUT2D eigenvalue weighted by atomic mass is 9.82. The zero-order chi connectivity index (χ0) is 15.4. The topological polar surface area (TPSA) is 61.4 Å². The van der Waals surface area contributed by atoms with Crippen LogP contribution in [0.25, 0.3) is 0 Å². The molecule has 1 rings (SSSR count). The second-order valence-corrected chi connectivity index (χ2v) is 8.89. The number of hydrogen-bond acceptors (Lipinski definition) is 3. The van der Waals surface area contributed by atoms with E-state index in [9.17, 15) is 8.42 Å². The third-order valence-electron chi connectivity index (χ3n) is 4.12. The Kier molecular flexibility index (Phi) is 6.44. The van der Waals surface area contributed by atoms with Crippen molar-refractivity contribution < 1.29 is 8.42 Å². The van der Waals surface area contributed by atoms with Crippen LogP contribution in [0.4, 0.5) is 0 Å². The molecule has 0 aromatic rings. The fourth-order valence-corrected chi connectivity index (χ4v) is 2.71. The molecule has 0 amide bonds. The molecule has 6 heteroatoms. The molecule has 0 aromatic carbocycles. The fourth-order valence-electron chi connectivity index (χ4n) is 1.66. The largest absolute Gasteiger partial charge is 0.314 e. The summed E-state index contributed by atoms with van der Waals surface area (Å²) in [6.07, 6.45) is 3.38. The summed E-state index contributed by atoms with van der Waals surface area (Å²) < 4.78 is 28.3. The van der Waals surface area contributed by atoms with Crippen LogP contribution >= 0.6 is 0 Å². The summed E-state index contributed by atoms with van der Waals surface area (Å²) >= 11 is 0. The van der Waals surface area contributed by atoms with Gasteiger partial charge >= 0.3 is 0 Å². The molecule has 2 N–H and O–H groups in total. The Bertz CT molecular complexity index is 386. The van der Waals surface area contributed by atoms with E-state index in [1.165, 1.54) is 17.1 Å². The molecule has 20 heavy (non-hydrogen) atoms. The van der Waals surface area contributed by atoms with Gasteiger partial charge in [-0.2, -0.15) is 12.7 Å². The summed E-state index contributed by atoms with van der Waals surface area (Å²) in [6, 6.07) is 0.683. The van der Waals surface area contributed by atoms with Crippen LogP contribution in [0.15, 0.2) is 0 Å². The molecule has 1 atom stereocenters. The van der Waals surface area contributed by atoms with Crippen LogP contribution in [0, 0.1) is 11.3 Å². The SMILES string of the molecule is CC(CNS(=O)(=O)N(C)CCCNC1CC1)C(C)(C)C. The number of nitrogens with one attached hydrogen (secondary N) is 2. The minimum Gasteiger partial charge on any atom is -0.314 e. The first-order chi connectivity index (χ1) is 9.13. The summed E-state index contributed by atoms with van der Waals surface area (Å²) in [6.45, 7) is 10.4. The van der Waals surface area contributed by atoms with Gasteiger partial charge in [0, 0.05) is 26.2 Å². The number of nitrogens with zero attached hydrogens (tertiary/aromatic N) is 1. The second-order valence-electron chi connectivity index (χ2n) is 7.02. The maximum Gasteiger partial charge on any atom is 0.279 e. The second kappa shape index (κ2) is 7.20. The summed E-state index contributed by atoms with van der Waals surface area (Å²) in [7, 11) is -1.71. The van der Waals surface area contributed by atoms with Crippen LogP contribution in [0.1, 0.15) is 47.0 Å². The highest BCUT2D eigenvalue weighted by Crippen LogP contribution is 2.24. The predicted molar refractivity (Wildman–Crippen MR) is 83.8 cm³/mol. The van der Waals surface area contributed by atoms with Gasteiger partial charge in [0.15, 0.2) is 0 Å². The maximum absolute atomic E-state index is 12.1. The molecule has 0 bridgehead atoms. The van der Waals surface area contributed by atoms with E-state index in [0.717, 1.165) is 13.0 Å². The van der Waals surface area contributed by atoms with Gasteiger partial charge in [-0.1, -0.05) is 27.7 Å². The van der Waals surface area contributed by atoms with Gasteiger partial charge in [0.05, 0.1) is 0 Å². The lowest BCUT2D eigenvalue weighted by Gasteiger charge is -2.28. The third-order valence-corrected chi connectivity index (χ3v) is 5.66. The summed E-state index contributed by atoms with van der Waals surface area (Å²) in [5.74, 6) is 0.294. The Morgan fingerprint density at radius 3 is 2.40 bits per heavy atom. The van der Waals surface area contributed by atoms with E-state index < -0.39 is 10.2 Å². The van der Waals surface area contributed by atoms with Gasteiger partial charge in [-0.05, 0) is 37.1 Å². The van der Waals surface area contributed by atoms with Gasteiger partial charge in [0.25, 0.3) is 10.2 Å².